The van der Waals surface area contributed by atoms with Crippen molar-refractivity contribution in [2.24, 2.45) is 0 Å². The molecule has 7 heteroatoms. The first-order chi connectivity index (χ1) is 17.4. The SMILES string of the molecule is COc1ccc2cc3n(c2c1)CC(C)(C(=O)NC1CCCCCCC1)N(Cc1ccc(F)cc1)C3=O. The average molecular weight is 492 g/mol. The zero-order valence-electron chi connectivity index (χ0n) is 21.1. The van der Waals surface area contributed by atoms with Crippen molar-refractivity contribution in [3.05, 3.63) is 65.6 Å². The van der Waals surface area contributed by atoms with E-state index in [4.69, 9.17) is 4.74 Å². The van der Waals surface area contributed by atoms with E-state index in [1.165, 1.54) is 31.4 Å². The van der Waals surface area contributed by atoms with Gasteiger partial charge in [0.05, 0.1) is 19.2 Å². The Kier molecular flexibility index (Phi) is 6.73. The summed E-state index contributed by atoms with van der Waals surface area (Å²) in [6.45, 7) is 2.39. The molecule has 1 fully saturated rings. The van der Waals surface area contributed by atoms with Crippen LogP contribution in [0.25, 0.3) is 10.9 Å². The Bertz CT molecular complexity index is 1260. The minimum Gasteiger partial charge on any atom is -0.497 e. The third-order valence-corrected chi connectivity index (χ3v) is 7.82. The number of halogens is 1. The predicted molar refractivity (Wildman–Crippen MR) is 137 cm³/mol. The van der Waals surface area contributed by atoms with Crippen molar-refractivity contribution in [1.29, 1.82) is 0 Å². The summed E-state index contributed by atoms with van der Waals surface area (Å²) < 4.78 is 20.9. The molecule has 2 heterocycles. The van der Waals surface area contributed by atoms with Gasteiger partial charge in [-0.25, -0.2) is 4.39 Å². The molecule has 3 aromatic rings. The third-order valence-electron chi connectivity index (χ3n) is 7.82. The summed E-state index contributed by atoms with van der Waals surface area (Å²) in [5.41, 5.74) is 1.07. The lowest BCUT2D eigenvalue weighted by atomic mass is 9.91. The van der Waals surface area contributed by atoms with Gasteiger partial charge in [-0.3, -0.25) is 9.59 Å². The summed E-state index contributed by atoms with van der Waals surface area (Å²) in [6, 6.07) is 13.8. The van der Waals surface area contributed by atoms with E-state index in [2.05, 4.69) is 5.32 Å². The number of carbonyl (C=O) groups excluding carboxylic acids is 2. The van der Waals surface area contributed by atoms with Gasteiger partial charge in [-0.15, -0.1) is 0 Å². The van der Waals surface area contributed by atoms with Crippen molar-refractivity contribution in [2.45, 2.75) is 76.5 Å². The second-order valence-corrected chi connectivity index (χ2v) is 10.3. The van der Waals surface area contributed by atoms with Crippen LogP contribution in [0.5, 0.6) is 5.75 Å². The zero-order valence-corrected chi connectivity index (χ0v) is 21.1. The maximum absolute atomic E-state index is 14.0. The van der Waals surface area contributed by atoms with E-state index < -0.39 is 5.54 Å². The highest BCUT2D eigenvalue weighted by Gasteiger charge is 2.48. The number of nitrogens with zero attached hydrogens (tertiary/aromatic N) is 2. The fourth-order valence-electron chi connectivity index (χ4n) is 5.62. The Hall–Kier alpha value is -3.35. The highest BCUT2D eigenvalue weighted by atomic mass is 19.1. The molecule has 1 aromatic heterocycles. The molecule has 0 saturated heterocycles. The van der Waals surface area contributed by atoms with Crippen LogP contribution in [0.1, 0.15) is 67.9 Å². The molecule has 1 unspecified atom stereocenters. The minimum absolute atomic E-state index is 0.111. The van der Waals surface area contributed by atoms with E-state index >= 15 is 0 Å². The standard InChI is InChI=1S/C29H34FN3O3/c1-29(28(35)31-23-8-6-4-3-5-7-9-23)19-32-25-17-24(36-2)15-12-21(25)16-26(32)27(34)33(29)18-20-10-13-22(30)14-11-20/h10-17,23H,3-9,18-19H2,1-2H3,(H,31,35). The second-order valence-electron chi connectivity index (χ2n) is 10.3. The summed E-state index contributed by atoms with van der Waals surface area (Å²) in [5, 5.41) is 4.23. The van der Waals surface area contributed by atoms with E-state index in [0.29, 0.717) is 18.0 Å². The fourth-order valence-corrected chi connectivity index (χ4v) is 5.62. The summed E-state index contributed by atoms with van der Waals surface area (Å²) >= 11 is 0. The van der Waals surface area contributed by atoms with E-state index in [9.17, 15) is 14.0 Å². The van der Waals surface area contributed by atoms with Crippen molar-refractivity contribution in [3.63, 3.8) is 0 Å². The Morgan fingerprint density at radius 3 is 2.44 bits per heavy atom. The van der Waals surface area contributed by atoms with Crippen molar-refractivity contribution in [1.82, 2.24) is 14.8 Å². The number of nitrogens with one attached hydrogen (secondary N) is 1. The highest BCUT2D eigenvalue weighted by molar-refractivity contribution is 6.03. The Balaban J connectivity index is 1.53. The van der Waals surface area contributed by atoms with E-state index in [0.717, 1.165) is 42.1 Å². The molecule has 36 heavy (non-hydrogen) atoms. The Morgan fingerprint density at radius 1 is 1.06 bits per heavy atom. The maximum atomic E-state index is 14.0. The van der Waals surface area contributed by atoms with Gasteiger partial charge in [-0.2, -0.15) is 0 Å². The van der Waals surface area contributed by atoms with Gasteiger partial charge < -0.3 is 19.5 Å². The lowest BCUT2D eigenvalue weighted by molar-refractivity contribution is -0.134. The Morgan fingerprint density at radius 2 is 1.75 bits per heavy atom. The Labute approximate surface area is 211 Å². The summed E-state index contributed by atoms with van der Waals surface area (Å²) in [6.07, 6.45) is 7.77. The number of aromatic nitrogens is 1. The number of ether oxygens (including phenoxy) is 1. The van der Waals surface area contributed by atoms with Gasteiger partial charge in [0, 0.05) is 24.0 Å². The summed E-state index contributed by atoms with van der Waals surface area (Å²) in [4.78, 5) is 29.6. The zero-order chi connectivity index (χ0) is 25.3. The van der Waals surface area contributed by atoms with Gasteiger partial charge in [0.25, 0.3) is 5.91 Å². The van der Waals surface area contributed by atoms with Crippen LogP contribution in [0.15, 0.2) is 48.5 Å². The van der Waals surface area contributed by atoms with Crippen LogP contribution in [-0.2, 0) is 17.9 Å². The number of hydrogen-bond donors (Lipinski definition) is 1. The number of hydrogen-bond acceptors (Lipinski definition) is 3. The summed E-state index contributed by atoms with van der Waals surface area (Å²) in [7, 11) is 1.61. The van der Waals surface area contributed by atoms with Crippen molar-refractivity contribution in [3.8, 4) is 5.75 Å². The smallest absolute Gasteiger partial charge is 0.271 e. The van der Waals surface area contributed by atoms with Crippen LogP contribution in [0.2, 0.25) is 0 Å². The molecule has 6 nitrogen and oxygen atoms in total. The normalized spacial score (nSPS) is 21.1. The van der Waals surface area contributed by atoms with Crippen LogP contribution in [0.4, 0.5) is 4.39 Å². The number of benzene rings is 2. The number of carbonyl (C=O) groups is 2. The number of fused-ring (bicyclic) bond motifs is 3. The topological polar surface area (TPSA) is 63.6 Å². The first-order valence-electron chi connectivity index (χ1n) is 12.9. The molecule has 1 saturated carbocycles. The molecule has 2 aliphatic rings. The van der Waals surface area contributed by atoms with Gasteiger partial charge in [-0.05, 0) is 55.7 Å². The molecule has 5 rings (SSSR count). The average Bonchev–Trinajstić information content (AvgIpc) is 3.22. The van der Waals surface area contributed by atoms with E-state index in [1.807, 2.05) is 35.8 Å². The second kappa shape index (κ2) is 9.96. The maximum Gasteiger partial charge on any atom is 0.271 e. The molecule has 1 aliphatic heterocycles. The third kappa shape index (κ3) is 4.59. The van der Waals surface area contributed by atoms with Crippen LogP contribution in [-0.4, -0.2) is 40.0 Å². The van der Waals surface area contributed by atoms with Crippen LogP contribution < -0.4 is 10.1 Å². The van der Waals surface area contributed by atoms with E-state index in [1.54, 1.807) is 24.1 Å². The monoisotopic (exact) mass is 491 g/mol. The molecular weight excluding hydrogens is 457 g/mol. The highest BCUT2D eigenvalue weighted by Crippen LogP contribution is 2.35. The van der Waals surface area contributed by atoms with Gasteiger partial charge in [0.1, 0.15) is 22.8 Å². The molecule has 1 N–H and O–H groups in total. The summed E-state index contributed by atoms with van der Waals surface area (Å²) in [5.74, 6) is 0.0165. The van der Waals surface area contributed by atoms with Crippen molar-refractivity contribution in [2.75, 3.05) is 7.11 Å². The van der Waals surface area contributed by atoms with Gasteiger partial charge in [0.2, 0.25) is 5.91 Å². The van der Waals surface area contributed by atoms with Crippen molar-refractivity contribution < 1.29 is 18.7 Å². The first kappa shape index (κ1) is 24.3. The van der Waals surface area contributed by atoms with Crippen LogP contribution in [0.3, 0.4) is 0 Å². The van der Waals surface area contributed by atoms with Crippen molar-refractivity contribution >= 4 is 22.7 Å². The van der Waals surface area contributed by atoms with Gasteiger partial charge >= 0.3 is 0 Å². The van der Waals surface area contributed by atoms with E-state index in [-0.39, 0.29) is 30.2 Å². The molecule has 2 aromatic carbocycles. The largest absolute Gasteiger partial charge is 0.497 e. The molecule has 190 valence electrons. The van der Waals surface area contributed by atoms with Gasteiger partial charge in [0.15, 0.2) is 0 Å². The molecule has 1 aliphatic carbocycles. The van der Waals surface area contributed by atoms with Gasteiger partial charge in [-0.1, -0.05) is 44.2 Å². The van der Waals surface area contributed by atoms with Crippen LogP contribution >= 0.6 is 0 Å². The number of methoxy groups -OCH3 is 1. The molecule has 0 spiro atoms. The first-order valence-corrected chi connectivity index (χ1v) is 12.9. The minimum atomic E-state index is -1.12. The van der Waals surface area contributed by atoms with Crippen LogP contribution in [0, 0.1) is 5.82 Å². The molecular formula is C29H34FN3O3. The lowest BCUT2D eigenvalue weighted by Gasteiger charge is -2.44. The molecule has 0 bridgehead atoms. The molecule has 0 radical (unpaired) electrons. The number of amides is 2. The molecule has 2 amide bonds. The number of rotatable bonds is 5. The lowest BCUT2D eigenvalue weighted by Crippen LogP contribution is -2.64. The fraction of sp³-hybridized carbons (Fsp3) is 0.448. The quantitative estimate of drug-likeness (QED) is 0.518. The molecule has 1 atom stereocenters. The predicted octanol–water partition coefficient (Wildman–Crippen LogP) is 5.43.